The van der Waals surface area contributed by atoms with Crippen LogP contribution in [0.1, 0.15) is 110 Å². The Morgan fingerprint density at radius 1 is 0.667 bits per heavy atom. The molecule has 0 saturated carbocycles. The van der Waals surface area contributed by atoms with E-state index >= 15 is 0 Å². The number of aldehydes is 1. The average Bonchev–Trinajstić information content (AvgIpc) is 2.56. The summed E-state index contributed by atoms with van der Waals surface area (Å²) in [7, 11) is 0. The molecule has 0 saturated heterocycles. The second kappa shape index (κ2) is 8.42. The number of carbonyl (C=O) groups excluding carboxylic acids is 1. The monoisotopic (exact) mass is 364 g/mol. The van der Waals surface area contributed by atoms with Crippen LogP contribution in [0.2, 0.25) is 0 Å². The molecule has 1 nitrogen and oxygen atoms in total. The second-order valence-electron chi connectivity index (χ2n) is 9.00. The number of benzene rings is 2. The zero-order valence-electron chi connectivity index (χ0n) is 18.6. The minimum Gasteiger partial charge on any atom is -0.302 e. The van der Waals surface area contributed by atoms with Crippen molar-refractivity contribution >= 4 is 6.29 Å². The number of aryl methyl sites for hydroxylation is 3. The molecule has 2 rings (SSSR count). The molecular weight excluding hydrogens is 328 g/mol. The number of carbonyl (C=O) groups is 1. The van der Waals surface area contributed by atoms with Crippen LogP contribution in [0.15, 0.2) is 24.3 Å². The maximum absolute atomic E-state index is 12.5. The maximum Gasteiger partial charge on any atom is 0.131 e. The Labute approximate surface area is 166 Å². The Morgan fingerprint density at radius 3 is 1.44 bits per heavy atom. The van der Waals surface area contributed by atoms with Gasteiger partial charge in [-0.3, -0.25) is 0 Å². The molecule has 146 valence electrons. The number of hydrogen-bond acceptors (Lipinski definition) is 1. The maximum atomic E-state index is 12.5. The van der Waals surface area contributed by atoms with Crippen LogP contribution in [-0.4, -0.2) is 6.29 Å². The van der Waals surface area contributed by atoms with Crippen molar-refractivity contribution in [3.63, 3.8) is 0 Å². The lowest BCUT2D eigenvalue weighted by Crippen LogP contribution is -2.15. The van der Waals surface area contributed by atoms with E-state index in [0.717, 1.165) is 6.29 Å². The van der Waals surface area contributed by atoms with Gasteiger partial charge >= 0.3 is 0 Å². The van der Waals surface area contributed by atoms with Gasteiger partial charge in [0.2, 0.25) is 0 Å². The molecule has 2 aromatic carbocycles. The minimum absolute atomic E-state index is 0.207. The summed E-state index contributed by atoms with van der Waals surface area (Å²) in [6.45, 7) is 19.8. The summed E-state index contributed by atoms with van der Waals surface area (Å²) in [4.78, 5) is 12.5. The van der Waals surface area contributed by atoms with Gasteiger partial charge in [-0.2, -0.15) is 0 Å². The van der Waals surface area contributed by atoms with Crippen molar-refractivity contribution in [2.24, 2.45) is 0 Å². The molecule has 0 aliphatic carbocycles. The van der Waals surface area contributed by atoms with E-state index in [-0.39, 0.29) is 5.92 Å². The molecule has 2 aromatic rings. The van der Waals surface area contributed by atoms with Crippen molar-refractivity contribution in [3.8, 4) is 0 Å². The van der Waals surface area contributed by atoms with Crippen molar-refractivity contribution < 1.29 is 4.79 Å². The Hall–Kier alpha value is -1.89. The van der Waals surface area contributed by atoms with E-state index in [4.69, 9.17) is 0 Å². The highest BCUT2D eigenvalue weighted by Crippen LogP contribution is 2.40. The molecule has 0 spiro atoms. The molecule has 0 aromatic heterocycles. The van der Waals surface area contributed by atoms with E-state index in [9.17, 15) is 4.79 Å². The first-order valence-electron chi connectivity index (χ1n) is 10.3. The quantitative estimate of drug-likeness (QED) is 0.491. The summed E-state index contributed by atoms with van der Waals surface area (Å²) in [5.74, 6) is 1.03. The third-order valence-electron chi connectivity index (χ3n) is 5.67. The molecule has 1 unspecified atom stereocenters. The van der Waals surface area contributed by atoms with E-state index in [0.29, 0.717) is 17.8 Å². The fraction of sp³-hybridized carbons (Fsp3) is 0.500. The van der Waals surface area contributed by atoms with Gasteiger partial charge in [0, 0.05) is 0 Å². The summed E-state index contributed by atoms with van der Waals surface area (Å²) in [6, 6.07) is 9.08. The highest BCUT2D eigenvalue weighted by atomic mass is 16.1. The Kier molecular flexibility index (Phi) is 6.68. The number of rotatable bonds is 6. The summed E-state index contributed by atoms with van der Waals surface area (Å²) >= 11 is 0. The molecule has 0 amide bonds. The molecule has 0 aliphatic heterocycles. The molecule has 1 atom stereocenters. The van der Waals surface area contributed by atoms with Crippen LogP contribution < -0.4 is 0 Å². The van der Waals surface area contributed by atoms with E-state index in [2.05, 4.69) is 86.6 Å². The molecule has 0 bridgehead atoms. The smallest absolute Gasteiger partial charge is 0.131 e. The lowest BCUT2D eigenvalue weighted by Gasteiger charge is -2.28. The molecular formula is C26H36O. The van der Waals surface area contributed by atoms with Gasteiger partial charge in [0.1, 0.15) is 6.29 Å². The first-order chi connectivity index (χ1) is 12.6. The molecule has 0 aliphatic rings. The highest BCUT2D eigenvalue weighted by Gasteiger charge is 2.26. The van der Waals surface area contributed by atoms with Gasteiger partial charge in [0.05, 0.1) is 5.92 Å². The Bertz CT molecular complexity index is 772. The lowest BCUT2D eigenvalue weighted by atomic mass is 9.76. The van der Waals surface area contributed by atoms with E-state index in [1.54, 1.807) is 0 Å². The molecule has 27 heavy (non-hydrogen) atoms. The standard InChI is InChI=1S/C26H36O/c1-15(2)21-12-22(16(3)4)26(23(13-21)17(5)6)24(14-27)25-19(8)10-18(7)11-20(25)9/h10-17,24H,1-9H3. The Balaban J connectivity index is 2.87. The van der Waals surface area contributed by atoms with E-state index in [1.807, 2.05) is 0 Å². The third-order valence-corrected chi connectivity index (χ3v) is 5.67. The van der Waals surface area contributed by atoms with Gasteiger partial charge < -0.3 is 4.79 Å². The van der Waals surface area contributed by atoms with Gasteiger partial charge in [-0.05, 0) is 77.5 Å². The first kappa shape index (κ1) is 21.4. The summed E-state index contributed by atoms with van der Waals surface area (Å²) in [5.41, 5.74) is 10.1. The molecule has 0 radical (unpaired) electrons. The predicted molar refractivity (Wildman–Crippen MR) is 117 cm³/mol. The predicted octanol–water partition coefficient (Wildman–Crippen LogP) is 7.31. The SMILES string of the molecule is Cc1cc(C)c(C(C=O)c2c(C(C)C)cc(C(C)C)cc2C(C)C)c(C)c1. The van der Waals surface area contributed by atoms with Crippen molar-refractivity contribution in [2.45, 2.75) is 86.0 Å². The summed E-state index contributed by atoms with van der Waals surface area (Å²) < 4.78 is 0. The zero-order valence-corrected chi connectivity index (χ0v) is 18.6. The molecule has 0 heterocycles. The van der Waals surface area contributed by atoms with Gasteiger partial charge in [-0.25, -0.2) is 0 Å². The van der Waals surface area contributed by atoms with Crippen LogP contribution in [0.3, 0.4) is 0 Å². The van der Waals surface area contributed by atoms with Crippen molar-refractivity contribution in [1.82, 2.24) is 0 Å². The minimum atomic E-state index is -0.207. The lowest BCUT2D eigenvalue weighted by molar-refractivity contribution is -0.108. The van der Waals surface area contributed by atoms with Gasteiger partial charge in [0.25, 0.3) is 0 Å². The average molecular weight is 365 g/mol. The molecule has 0 fully saturated rings. The van der Waals surface area contributed by atoms with Crippen LogP contribution >= 0.6 is 0 Å². The van der Waals surface area contributed by atoms with E-state index < -0.39 is 0 Å². The first-order valence-corrected chi connectivity index (χ1v) is 10.3. The van der Waals surface area contributed by atoms with Crippen LogP contribution in [0, 0.1) is 20.8 Å². The molecule has 1 heteroatoms. The second-order valence-corrected chi connectivity index (χ2v) is 9.00. The van der Waals surface area contributed by atoms with Crippen molar-refractivity contribution in [3.05, 3.63) is 68.8 Å². The van der Waals surface area contributed by atoms with Crippen LogP contribution in [0.4, 0.5) is 0 Å². The number of hydrogen-bond donors (Lipinski definition) is 0. The normalized spacial score (nSPS) is 12.9. The van der Waals surface area contributed by atoms with Gasteiger partial charge in [0.15, 0.2) is 0 Å². The largest absolute Gasteiger partial charge is 0.302 e. The fourth-order valence-electron chi connectivity index (χ4n) is 4.33. The fourth-order valence-corrected chi connectivity index (χ4v) is 4.33. The van der Waals surface area contributed by atoms with Gasteiger partial charge in [-0.1, -0.05) is 71.4 Å². The van der Waals surface area contributed by atoms with Crippen LogP contribution in [-0.2, 0) is 4.79 Å². The summed E-state index contributed by atoms with van der Waals surface area (Å²) in [6.07, 6.45) is 1.16. The zero-order chi connectivity index (χ0) is 20.5. The topological polar surface area (TPSA) is 17.1 Å². The highest BCUT2D eigenvalue weighted by molar-refractivity contribution is 5.73. The third kappa shape index (κ3) is 4.34. The Morgan fingerprint density at radius 2 is 1.11 bits per heavy atom. The molecule has 0 N–H and O–H groups in total. The van der Waals surface area contributed by atoms with Crippen LogP contribution in [0.25, 0.3) is 0 Å². The van der Waals surface area contributed by atoms with E-state index in [1.165, 1.54) is 44.5 Å². The summed E-state index contributed by atoms with van der Waals surface area (Å²) in [5, 5.41) is 0. The van der Waals surface area contributed by atoms with Crippen molar-refractivity contribution in [1.29, 1.82) is 0 Å². The van der Waals surface area contributed by atoms with Crippen molar-refractivity contribution in [2.75, 3.05) is 0 Å². The van der Waals surface area contributed by atoms with Gasteiger partial charge in [-0.15, -0.1) is 0 Å². The van der Waals surface area contributed by atoms with Crippen LogP contribution in [0.5, 0.6) is 0 Å².